The van der Waals surface area contributed by atoms with E-state index in [1.807, 2.05) is 18.5 Å². The molecule has 1 unspecified atom stereocenters. The summed E-state index contributed by atoms with van der Waals surface area (Å²) in [7, 11) is 2.00. The minimum Gasteiger partial charge on any atom is -0.317 e. The molecule has 0 aliphatic carbocycles. The van der Waals surface area contributed by atoms with Crippen LogP contribution in [0.5, 0.6) is 0 Å². The van der Waals surface area contributed by atoms with E-state index in [0.717, 1.165) is 24.1 Å². The van der Waals surface area contributed by atoms with E-state index in [4.69, 9.17) is 0 Å². The zero-order valence-corrected chi connectivity index (χ0v) is 10.4. The molecule has 1 heterocycles. The Labute approximate surface area is 92.1 Å². The Kier molecular flexibility index (Phi) is 4.27. The Hall–Kier alpha value is -0.900. The fourth-order valence-electron chi connectivity index (χ4n) is 1.66. The molecule has 0 amide bonds. The van der Waals surface area contributed by atoms with Crippen LogP contribution in [0, 0.1) is 12.8 Å². The van der Waals surface area contributed by atoms with Crippen LogP contribution in [0.1, 0.15) is 38.8 Å². The largest absolute Gasteiger partial charge is 0.317 e. The van der Waals surface area contributed by atoms with Gasteiger partial charge in [0.2, 0.25) is 0 Å². The lowest BCUT2D eigenvalue weighted by molar-refractivity contribution is 0.434. The van der Waals surface area contributed by atoms with Crippen molar-refractivity contribution in [1.29, 1.82) is 0 Å². The molecule has 86 valence electrons. The first-order valence-corrected chi connectivity index (χ1v) is 5.59. The lowest BCUT2D eigenvalue weighted by Crippen LogP contribution is -2.28. The molecule has 1 aromatic rings. The summed E-state index contributed by atoms with van der Waals surface area (Å²) in [6.45, 7) is 9.46. The second-order valence-electron chi connectivity index (χ2n) is 4.63. The van der Waals surface area contributed by atoms with Crippen LogP contribution < -0.4 is 5.32 Å². The van der Waals surface area contributed by atoms with Gasteiger partial charge < -0.3 is 9.88 Å². The van der Waals surface area contributed by atoms with Gasteiger partial charge in [0, 0.05) is 13.1 Å². The summed E-state index contributed by atoms with van der Waals surface area (Å²) in [5, 5.41) is 11.6. The highest BCUT2D eigenvalue weighted by molar-refractivity contribution is 4.92. The second-order valence-corrected chi connectivity index (χ2v) is 4.63. The molecule has 0 aromatic carbocycles. The summed E-state index contributed by atoms with van der Waals surface area (Å²) >= 11 is 0. The van der Waals surface area contributed by atoms with Crippen LogP contribution in [0.25, 0.3) is 0 Å². The summed E-state index contributed by atoms with van der Waals surface area (Å²) in [4.78, 5) is 0. The minimum atomic E-state index is 0.530. The fraction of sp³-hybridized carbons (Fsp3) is 0.818. The van der Waals surface area contributed by atoms with E-state index in [-0.39, 0.29) is 0 Å². The van der Waals surface area contributed by atoms with Crippen molar-refractivity contribution in [3.8, 4) is 0 Å². The molecular formula is C11H22N4. The van der Waals surface area contributed by atoms with Crippen molar-refractivity contribution in [1.82, 2.24) is 20.1 Å². The van der Waals surface area contributed by atoms with Gasteiger partial charge in [-0.1, -0.05) is 13.8 Å². The number of hydrogen-bond acceptors (Lipinski definition) is 3. The lowest BCUT2D eigenvalue weighted by atomic mass is 10.1. The van der Waals surface area contributed by atoms with Gasteiger partial charge in [0.05, 0.1) is 6.54 Å². The first-order chi connectivity index (χ1) is 7.00. The molecule has 0 saturated carbocycles. The summed E-state index contributed by atoms with van der Waals surface area (Å²) in [5.41, 5.74) is 0. The van der Waals surface area contributed by atoms with Crippen molar-refractivity contribution in [2.75, 3.05) is 0 Å². The van der Waals surface area contributed by atoms with Gasteiger partial charge in [-0.2, -0.15) is 0 Å². The summed E-state index contributed by atoms with van der Waals surface area (Å²) < 4.78 is 2.02. The summed E-state index contributed by atoms with van der Waals surface area (Å²) in [5.74, 6) is 2.69. The van der Waals surface area contributed by atoms with Crippen LogP contribution in [-0.2, 0) is 13.6 Å². The number of nitrogens with one attached hydrogen (secondary N) is 1. The molecule has 0 bridgehead atoms. The SMILES string of the molecule is Cc1nnc(CNC(C)CC(C)C)n1C. The molecular weight excluding hydrogens is 188 g/mol. The third kappa shape index (κ3) is 3.63. The van der Waals surface area contributed by atoms with Gasteiger partial charge in [0.1, 0.15) is 11.6 Å². The predicted molar refractivity (Wildman–Crippen MR) is 61.5 cm³/mol. The van der Waals surface area contributed by atoms with Gasteiger partial charge in [-0.25, -0.2) is 0 Å². The van der Waals surface area contributed by atoms with Crippen LogP contribution >= 0.6 is 0 Å². The quantitative estimate of drug-likeness (QED) is 0.803. The Morgan fingerprint density at radius 2 is 1.93 bits per heavy atom. The zero-order chi connectivity index (χ0) is 11.4. The average Bonchev–Trinajstić information content (AvgIpc) is 2.44. The van der Waals surface area contributed by atoms with Crippen molar-refractivity contribution in [2.24, 2.45) is 13.0 Å². The Bertz CT molecular complexity index is 304. The molecule has 0 spiro atoms. The third-order valence-electron chi connectivity index (χ3n) is 2.62. The highest BCUT2D eigenvalue weighted by Gasteiger charge is 2.08. The highest BCUT2D eigenvalue weighted by atomic mass is 15.3. The standard InChI is InChI=1S/C11H22N4/c1-8(2)6-9(3)12-7-11-14-13-10(4)15(11)5/h8-9,12H,6-7H2,1-5H3. The Balaban J connectivity index is 2.40. The van der Waals surface area contributed by atoms with Gasteiger partial charge in [-0.3, -0.25) is 0 Å². The molecule has 0 aliphatic rings. The summed E-state index contributed by atoms with van der Waals surface area (Å²) in [6.07, 6.45) is 1.19. The van der Waals surface area contributed by atoms with Gasteiger partial charge in [0.15, 0.2) is 0 Å². The molecule has 0 fully saturated rings. The second kappa shape index (κ2) is 5.26. The van der Waals surface area contributed by atoms with Crippen molar-refractivity contribution >= 4 is 0 Å². The van der Waals surface area contributed by atoms with Crippen LogP contribution in [0.15, 0.2) is 0 Å². The maximum absolute atomic E-state index is 4.12. The van der Waals surface area contributed by atoms with Gasteiger partial charge in [0.25, 0.3) is 0 Å². The number of aryl methyl sites for hydroxylation is 1. The van der Waals surface area contributed by atoms with Gasteiger partial charge in [-0.15, -0.1) is 10.2 Å². The van der Waals surface area contributed by atoms with Crippen LogP contribution in [0.3, 0.4) is 0 Å². The van der Waals surface area contributed by atoms with E-state index >= 15 is 0 Å². The Morgan fingerprint density at radius 1 is 1.27 bits per heavy atom. The van der Waals surface area contributed by atoms with Crippen LogP contribution in [-0.4, -0.2) is 20.8 Å². The van der Waals surface area contributed by atoms with Crippen molar-refractivity contribution in [3.63, 3.8) is 0 Å². The molecule has 15 heavy (non-hydrogen) atoms. The normalized spacial score (nSPS) is 13.5. The number of hydrogen-bond donors (Lipinski definition) is 1. The molecule has 0 saturated heterocycles. The molecule has 1 rings (SSSR count). The minimum absolute atomic E-state index is 0.530. The van der Waals surface area contributed by atoms with Crippen molar-refractivity contribution in [3.05, 3.63) is 11.6 Å². The molecule has 1 atom stereocenters. The number of rotatable bonds is 5. The molecule has 0 aliphatic heterocycles. The van der Waals surface area contributed by atoms with Gasteiger partial charge in [-0.05, 0) is 26.2 Å². The van der Waals surface area contributed by atoms with E-state index in [1.54, 1.807) is 0 Å². The Morgan fingerprint density at radius 3 is 2.40 bits per heavy atom. The highest BCUT2D eigenvalue weighted by Crippen LogP contribution is 2.05. The van der Waals surface area contributed by atoms with Crippen LogP contribution in [0.2, 0.25) is 0 Å². The predicted octanol–water partition coefficient (Wildman–Crippen LogP) is 1.65. The van der Waals surface area contributed by atoms with E-state index in [1.165, 1.54) is 6.42 Å². The van der Waals surface area contributed by atoms with Crippen molar-refractivity contribution < 1.29 is 0 Å². The maximum Gasteiger partial charge on any atom is 0.146 e. The average molecular weight is 210 g/mol. The monoisotopic (exact) mass is 210 g/mol. The first kappa shape index (κ1) is 12.2. The molecule has 4 nitrogen and oxygen atoms in total. The summed E-state index contributed by atoms with van der Waals surface area (Å²) in [6, 6.07) is 0.530. The van der Waals surface area contributed by atoms with E-state index < -0.39 is 0 Å². The zero-order valence-electron chi connectivity index (χ0n) is 10.4. The van der Waals surface area contributed by atoms with Crippen molar-refractivity contribution in [2.45, 2.75) is 46.7 Å². The molecule has 1 N–H and O–H groups in total. The first-order valence-electron chi connectivity index (χ1n) is 5.59. The number of aromatic nitrogens is 3. The maximum atomic E-state index is 4.12. The lowest BCUT2D eigenvalue weighted by Gasteiger charge is -2.15. The van der Waals surface area contributed by atoms with E-state index in [2.05, 4.69) is 36.3 Å². The molecule has 1 aromatic heterocycles. The van der Waals surface area contributed by atoms with E-state index in [0.29, 0.717) is 6.04 Å². The van der Waals surface area contributed by atoms with Gasteiger partial charge >= 0.3 is 0 Å². The number of nitrogens with zero attached hydrogens (tertiary/aromatic N) is 3. The smallest absolute Gasteiger partial charge is 0.146 e. The third-order valence-corrected chi connectivity index (χ3v) is 2.62. The van der Waals surface area contributed by atoms with Crippen LogP contribution in [0.4, 0.5) is 0 Å². The topological polar surface area (TPSA) is 42.7 Å². The molecule has 4 heteroatoms. The van der Waals surface area contributed by atoms with E-state index in [9.17, 15) is 0 Å². The molecule has 0 radical (unpaired) electrons. The fourth-order valence-corrected chi connectivity index (χ4v) is 1.66.